The predicted octanol–water partition coefficient (Wildman–Crippen LogP) is 1.38. The predicted molar refractivity (Wildman–Crippen MR) is 61.5 cm³/mol. The van der Waals surface area contributed by atoms with Crippen LogP contribution < -0.4 is 0 Å². The standard InChI is InChI=1S/C12H12NO4/c14-9-11(10-5-2-1-3-6-10)13-17-8-4-7-12(15)16/h1-3,5-6H,4,7-8H2,(H,15,16). The zero-order valence-corrected chi connectivity index (χ0v) is 9.13. The monoisotopic (exact) mass is 234 g/mol. The Kier molecular flexibility index (Phi) is 5.43. The second-order valence-corrected chi connectivity index (χ2v) is 3.24. The van der Waals surface area contributed by atoms with Gasteiger partial charge in [0, 0.05) is 12.0 Å². The van der Waals surface area contributed by atoms with Gasteiger partial charge in [-0.05, 0) is 6.42 Å². The van der Waals surface area contributed by atoms with Crippen molar-refractivity contribution in [3.05, 3.63) is 35.9 Å². The van der Waals surface area contributed by atoms with E-state index in [9.17, 15) is 9.59 Å². The van der Waals surface area contributed by atoms with Crippen LogP contribution >= 0.6 is 0 Å². The minimum atomic E-state index is -0.886. The SMILES string of the molecule is O=[C]C(=NOCCCC(=O)O)c1ccccc1. The molecule has 0 aliphatic heterocycles. The molecule has 0 spiro atoms. The van der Waals surface area contributed by atoms with Gasteiger partial charge in [0.25, 0.3) is 6.29 Å². The van der Waals surface area contributed by atoms with Gasteiger partial charge in [0.1, 0.15) is 6.61 Å². The molecule has 0 unspecified atom stereocenters. The fourth-order valence-electron chi connectivity index (χ4n) is 1.12. The number of hydrogen-bond acceptors (Lipinski definition) is 4. The lowest BCUT2D eigenvalue weighted by atomic mass is 10.1. The molecule has 1 aromatic carbocycles. The van der Waals surface area contributed by atoms with Crippen molar-refractivity contribution in [2.45, 2.75) is 12.8 Å². The molecule has 0 aliphatic rings. The van der Waals surface area contributed by atoms with Crippen molar-refractivity contribution >= 4 is 18.0 Å². The molecule has 1 N–H and O–H groups in total. The largest absolute Gasteiger partial charge is 0.481 e. The average Bonchev–Trinajstić information content (AvgIpc) is 2.34. The van der Waals surface area contributed by atoms with Gasteiger partial charge in [0.15, 0.2) is 5.71 Å². The highest BCUT2D eigenvalue weighted by Crippen LogP contribution is 2.00. The van der Waals surface area contributed by atoms with Crippen LogP contribution in [0.5, 0.6) is 0 Å². The normalized spacial score (nSPS) is 10.9. The van der Waals surface area contributed by atoms with Crippen molar-refractivity contribution in [1.29, 1.82) is 0 Å². The Morgan fingerprint density at radius 2 is 2.06 bits per heavy atom. The highest BCUT2D eigenvalue weighted by atomic mass is 16.6. The molecule has 0 atom stereocenters. The number of carboxylic acid groups (broad SMARTS) is 1. The van der Waals surface area contributed by atoms with E-state index >= 15 is 0 Å². The van der Waals surface area contributed by atoms with E-state index in [1.54, 1.807) is 30.6 Å². The van der Waals surface area contributed by atoms with Crippen LogP contribution in [0.1, 0.15) is 18.4 Å². The molecular formula is C12H12NO4. The van der Waals surface area contributed by atoms with Gasteiger partial charge >= 0.3 is 5.97 Å². The molecule has 0 aliphatic carbocycles. The molecule has 17 heavy (non-hydrogen) atoms. The molecule has 5 nitrogen and oxygen atoms in total. The third kappa shape index (κ3) is 4.92. The Labute approximate surface area is 98.7 Å². The van der Waals surface area contributed by atoms with Crippen molar-refractivity contribution in [3.8, 4) is 0 Å². The number of oxime groups is 1. The molecule has 89 valence electrons. The van der Waals surface area contributed by atoms with Crippen molar-refractivity contribution in [2.24, 2.45) is 5.16 Å². The molecule has 0 fully saturated rings. The molecule has 0 saturated carbocycles. The van der Waals surface area contributed by atoms with E-state index in [0.717, 1.165) is 0 Å². The summed E-state index contributed by atoms with van der Waals surface area (Å²) >= 11 is 0. The Morgan fingerprint density at radius 1 is 1.35 bits per heavy atom. The van der Waals surface area contributed by atoms with E-state index < -0.39 is 5.97 Å². The minimum Gasteiger partial charge on any atom is -0.481 e. The van der Waals surface area contributed by atoms with E-state index in [0.29, 0.717) is 12.0 Å². The van der Waals surface area contributed by atoms with Crippen LogP contribution in [-0.4, -0.2) is 29.7 Å². The Hall–Kier alpha value is -2.17. The van der Waals surface area contributed by atoms with Gasteiger partial charge in [-0.25, -0.2) is 0 Å². The topological polar surface area (TPSA) is 76.0 Å². The molecule has 1 radical (unpaired) electrons. The fourth-order valence-corrected chi connectivity index (χ4v) is 1.12. The first kappa shape index (κ1) is 12.9. The molecule has 0 saturated heterocycles. The number of benzene rings is 1. The summed E-state index contributed by atoms with van der Waals surface area (Å²) in [5.74, 6) is -0.886. The number of carboxylic acids is 1. The van der Waals surface area contributed by atoms with Crippen LogP contribution in [0.15, 0.2) is 35.5 Å². The zero-order valence-electron chi connectivity index (χ0n) is 9.13. The number of hydrogen-bond donors (Lipinski definition) is 1. The number of carbonyl (C=O) groups excluding carboxylic acids is 1. The molecule has 0 aromatic heterocycles. The van der Waals surface area contributed by atoms with Gasteiger partial charge < -0.3 is 9.94 Å². The van der Waals surface area contributed by atoms with Crippen molar-refractivity contribution in [3.63, 3.8) is 0 Å². The average molecular weight is 234 g/mol. The van der Waals surface area contributed by atoms with Gasteiger partial charge in [0.2, 0.25) is 0 Å². The Balaban J connectivity index is 2.46. The van der Waals surface area contributed by atoms with Gasteiger partial charge in [-0.15, -0.1) is 0 Å². The molecule has 1 aromatic rings. The maximum atomic E-state index is 10.6. The number of nitrogens with zero attached hydrogens (tertiary/aromatic N) is 1. The number of carbonyl (C=O) groups is 1. The zero-order chi connectivity index (χ0) is 12.5. The maximum Gasteiger partial charge on any atom is 0.303 e. The molecule has 0 bridgehead atoms. The Bertz CT molecular complexity index is 400. The minimum absolute atomic E-state index is 0.0149. The number of aliphatic carboxylic acids is 1. The van der Waals surface area contributed by atoms with Gasteiger partial charge in [-0.2, -0.15) is 0 Å². The molecule has 0 heterocycles. The van der Waals surface area contributed by atoms with Crippen LogP contribution in [0.2, 0.25) is 0 Å². The molecule has 5 heteroatoms. The van der Waals surface area contributed by atoms with E-state index in [-0.39, 0.29) is 18.7 Å². The summed E-state index contributed by atoms with van der Waals surface area (Å²) in [6, 6.07) is 8.79. The smallest absolute Gasteiger partial charge is 0.303 e. The summed E-state index contributed by atoms with van der Waals surface area (Å²) in [4.78, 5) is 25.7. The lowest BCUT2D eigenvalue weighted by molar-refractivity contribution is -0.137. The third-order valence-corrected chi connectivity index (χ3v) is 1.93. The summed E-state index contributed by atoms with van der Waals surface area (Å²) < 4.78 is 0. The fraction of sp³-hybridized carbons (Fsp3) is 0.250. The summed E-state index contributed by atoms with van der Waals surface area (Å²) in [6.07, 6.45) is 2.04. The first-order valence-corrected chi connectivity index (χ1v) is 5.09. The molecule has 0 amide bonds. The first-order chi connectivity index (χ1) is 8.24. The van der Waals surface area contributed by atoms with Crippen LogP contribution in [0.3, 0.4) is 0 Å². The van der Waals surface area contributed by atoms with Crippen LogP contribution in [0.25, 0.3) is 0 Å². The highest BCUT2D eigenvalue weighted by molar-refractivity contribution is 6.36. The summed E-state index contributed by atoms with van der Waals surface area (Å²) in [5, 5.41) is 12.0. The quantitative estimate of drug-likeness (QED) is 0.439. The summed E-state index contributed by atoms with van der Waals surface area (Å²) in [7, 11) is 0. The first-order valence-electron chi connectivity index (χ1n) is 5.09. The van der Waals surface area contributed by atoms with Crippen LogP contribution in [0.4, 0.5) is 0 Å². The lowest BCUT2D eigenvalue weighted by Crippen LogP contribution is -2.04. The van der Waals surface area contributed by atoms with Crippen LogP contribution in [0, 0.1) is 0 Å². The van der Waals surface area contributed by atoms with Crippen molar-refractivity contribution < 1.29 is 19.5 Å². The summed E-state index contributed by atoms with van der Waals surface area (Å²) in [6.45, 7) is 0.157. The van der Waals surface area contributed by atoms with Crippen LogP contribution in [-0.2, 0) is 14.4 Å². The van der Waals surface area contributed by atoms with Crippen molar-refractivity contribution in [2.75, 3.05) is 6.61 Å². The van der Waals surface area contributed by atoms with Crippen molar-refractivity contribution in [1.82, 2.24) is 0 Å². The third-order valence-electron chi connectivity index (χ3n) is 1.93. The molecular weight excluding hydrogens is 222 g/mol. The number of rotatable bonds is 7. The van der Waals surface area contributed by atoms with E-state index in [2.05, 4.69) is 5.16 Å². The van der Waals surface area contributed by atoms with Gasteiger partial charge in [-0.3, -0.25) is 9.59 Å². The molecule has 1 rings (SSSR count). The second kappa shape index (κ2) is 7.16. The lowest BCUT2D eigenvalue weighted by Gasteiger charge is -2.00. The van der Waals surface area contributed by atoms with E-state index in [1.165, 1.54) is 0 Å². The maximum absolute atomic E-state index is 10.6. The Morgan fingerprint density at radius 3 is 2.65 bits per heavy atom. The van der Waals surface area contributed by atoms with E-state index in [1.807, 2.05) is 6.07 Å². The second-order valence-electron chi connectivity index (χ2n) is 3.24. The highest BCUT2D eigenvalue weighted by Gasteiger charge is 2.03. The summed E-state index contributed by atoms with van der Waals surface area (Å²) in [5.41, 5.74) is 0.682. The van der Waals surface area contributed by atoms with E-state index in [4.69, 9.17) is 9.94 Å². The van der Waals surface area contributed by atoms with Gasteiger partial charge in [0.05, 0.1) is 0 Å². The van der Waals surface area contributed by atoms with Gasteiger partial charge in [-0.1, -0.05) is 35.5 Å².